The van der Waals surface area contributed by atoms with Crippen LogP contribution in [0, 0.1) is 12.7 Å². The quantitative estimate of drug-likeness (QED) is 0.738. The molecule has 1 fully saturated rings. The second kappa shape index (κ2) is 3.69. The third-order valence-electron chi connectivity index (χ3n) is 3.67. The lowest BCUT2D eigenvalue weighted by Crippen LogP contribution is -2.29. The molecular weight excluding hydrogens is 217 g/mol. The second-order valence-electron chi connectivity index (χ2n) is 4.80. The molecule has 0 bridgehead atoms. The van der Waals surface area contributed by atoms with E-state index in [4.69, 9.17) is 0 Å². The third-order valence-corrected chi connectivity index (χ3v) is 3.67. The van der Waals surface area contributed by atoms with Crippen LogP contribution in [-0.4, -0.2) is 4.57 Å². The molecule has 1 heterocycles. The summed E-state index contributed by atoms with van der Waals surface area (Å²) in [6.45, 7) is 1.97. The van der Waals surface area contributed by atoms with Crippen LogP contribution in [0.25, 0.3) is 10.8 Å². The highest BCUT2D eigenvalue weighted by Crippen LogP contribution is 2.31. The molecule has 0 N–H and O–H groups in total. The Morgan fingerprint density at radius 3 is 2.71 bits per heavy atom. The number of pyridine rings is 1. The summed E-state index contributed by atoms with van der Waals surface area (Å²) in [6, 6.07) is 4.75. The first-order valence-electron chi connectivity index (χ1n) is 5.98. The smallest absolute Gasteiger partial charge is 0.258 e. The second-order valence-corrected chi connectivity index (χ2v) is 4.80. The van der Waals surface area contributed by atoms with Gasteiger partial charge >= 0.3 is 0 Å². The molecule has 2 aromatic rings. The summed E-state index contributed by atoms with van der Waals surface area (Å²) in [5.41, 5.74) is 0.973. The Labute approximate surface area is 98.7 Å². The van der Waals surface area contributed by atoms with Gasteiger partial charge in [-0.1, -0.05) is 6.07 Å². The fourth-order valence-electron chi connectivity index (χ4n) is 2.45. The lowest BCUT2D eigenvalue weighted by atomic mass is 9.92. The lowest BCUT2D eigenvalue weighted by molar-refractivity contribution is 0.307. The van der Waals surface area contributed by atoms with E-state index < -0.39 is 0 Å². The molecule has 0 amide bonds. The first-order valence-corrected chi connectivity index (χ1v) is 5.98. The number of hydrogen-bond donors (Lipinski definition) is 0. The fourth-order valence-corrected chi connectivity index (χ4v) is 2.45. The van der Waals surface area contributed by atoms with Gasteiger partial charge in [0.15, 0.2) is 0 Å². The van der Waals surface area contributed by atoms with Gasteiger partial charge in [-0.25, -0.2) is 4.39 Å². The van der Waals surface area contributed by atoms with E-state index in [1.807, 2.05) is 13.1 Å². The van der Waals surface area contributed by atoms with Gasteiger partial charge < -0.3 is 4.57 Å². The van der Waals surface area contributed by atoms with Crippen LogP contribution in [0.1, 0.15) is 30.9 Å². The largest absolute Gasteiger partial charge is 0.312 e. The molecule has 0 spiro atoms. The molecule has 0 aliphatic heterocycles. The summed E-state index contributed by atoms with van der Waals surface area (Å²) < 4.78 is 15.0. The van der Waals surface area contributed by atoms with E-state index >= 15 is 0 Å². The molecule has 1 aromatic heterocycles. The van der Waals surface area contributed by atoms with Gasteiger partial charge in [-0.2, -0.15) is 0 Å². The van der Waals surface area contributed by atoms with E-state index in [2.05, 4.69) is 0 Å². The van der Waals surface area contributed by atoms with Crippen molar-refractivity contribution in [2.45, 2.75) is 32.2 Å². The van der Waals surface area contributed by atoms with Gasteiger partial charge in [-0.3, -0.25) is 4.79 Å². The van der Waals surface area contributed by atoms with Crippen molar-refractivity contribution >= 4 is 10.8 Å². The number of rotatable bonds is 1. The van der Waals surface area contributed by atoms with E-state index in [0.717, 1.165) is 23.8 Å². The van der Waals surface area contributed by atoms with E-state index in [0.29, 0.717) is 11.4 Å². The maximum absolute atomic E-state index is 13.2. The summed E-state index contributed by atoms with van der Waals surface area (Å²) >= 11 is 0. The van der Waals surface area contributed by atoms with Crippen LogP contribution in [0.15, 0.2) is 29.2 Å². The minimum Gasteiger partial charge on any atom is -0.312 e. The molecule has 1 aliphatic rings. The predicted molar refractivity (Wildman–Crippen MR) is 65.8 cm³/mol. The van der Waals surface area contributed by atoms with Crippen molar-refractivity contribution < 1.29 is 4.39 Å². The molecule has 0 atom stereocenters. The molecule has 3 rings (SSSR count). The number of aryl methyl sites for hydroxylation is 1. The monoisotopic (exact) mass is 231 g/mol. The molecule has 2 nitrogen and oxygen atoms in total. The fraction of sp³-hybridized carbons (Fsp3) is 0.357. The zero-order chi connectivity index (χ0) is 12.0. The highest BCUT2D eigenvalue weighted by molar-refractivity contribution is 5.84. The van der Waals surface area contributed by atoms with Crippen LogP contribution < -0.4 is 5.56 Å². The lowest BCUT2D eigenvalue weighted by Gasteiger charge is -2.28. The van der Waals surface area contributed by atoms with Crippen molar-refractivity contribution in [3.8, 4) is 0 Å². The number of aromatic nitrogens is 1. The first-order chi connectivity index (χ1) is 8.16. The van der Waals surface area contributed by atoms with Crippen LogP contribution in [-0.2, 0) is 0 Å². The predicted octanol–water partition coefficient (Wildman–Crippen LogP) is 3.17. The van der Waals surface area contributed by atoms with E-state index in [1.54, 1.807) is 10.6 Å². The van der Waals surface area contributed by atoms with E-state index in [9.17, 15) is 9.18 Å². The van der Waals surface area contributed by atoms with Gasteiger partial charge in [0.25, 0.3) is 5.56 Å². The molecule has 0 radical (unpaired) electrons. The number of hydrogen-bond acceptors (Lipinski definition) is 1. The van der Waals surface area contributed by atoms with Crippen LogP contribution in [0.3, 0.4) is 0 Å². The van der Waals surface area contributed by atoms with Crippen LogP contribution in [0.4, 0.5) is 4.39 Å². The molecule has 1 aliphatic carbocycles. The minimum absolute atomic E-state index is 0.0604. The molecule has 1 aromatic carbocycles. The molecule has 88 valence electrons. The van der Waals surface area contributed by atoms with Crippen molar-refractivity contribution in [1.29, 1.82) is 0 Å². The van der Waals surface area contributed by atoms with Crippen LogP contribution in [0.2, 0.25) is 0 Å². The molecule has 0 saturated heterocycles. The summed E-state index contributed by atoms with van der Waals surface area (Å²) in [5, 5.41) is 1.35. The van der Waals surface area contributed by atoms with Crippen molar-refractivity contribution in [3.63, 3.8) is 0 Å². The van der Waals surface area contributed by atoms with E-state index in [1.165, 1.54) is 18.6 Å². The topological polar surface area (TPSA) is 22.0 Å². The normalized spacial score (nSPS) is 16.1. The van der Waals surface area contributed by atoms with E-state index in [-0.39, 0.29) is 11.4 Å². The number of fused-ring (bicyclic) bond motifs is 1. The number of benzene rings is 1. The minimum atomic E-state index is -0.347. The van der Waals surface area contributed by atoms with Crippen LogP contribution in [0.5, 0.6) is 0 Å². The van der Waals surface area contributed by atoms with Gasteiger partial charge in [0.1, 0.15) is 5.82 Å². The van der Waals surface area contributed by atoms with Gasteiger partial charge in [-0.05, 0) is 49.3 Å². The van der Waals surface area contributed by atoms with Crippen molar-refractivity contribution in [2.24, 2.45) is 0 Å². The van der Waals surface area contributed by atoms with Crippen LogP contribution >= 0.6 is 0 Å². The number of halogens is 1. The Morgan fingerprint density at radius 2 is 2.06 bits per heavy atom. The Hall–Kier alpha value is -1.64. The summed E-state index contributed by atoms with van der Waals surface area (Å²) in [6.07, 6.45) is 5.20. The molecular formula is C14H14FNO. The third kappa shape index (κ3) is 1.57. The zero-order valence-electron chi connectivity index (χ0n) is 9.74. The Kier molecular flexibility index (Phi) is 2.28. The summed E-state index contributed by atoms with van der Waals surface area (Å²) in [7, 11) is 0. The first kappa shape index (κ1) is 10.5. The average molecular weight is 231 g/mol. The molecule has 17 heavy (non-hydrogen) atoms. The van der Waals surface area contributed by atoms with Gasteiger partial charge in [0, 0.05) is 12.2 Å². The maximum atomic E-state index is 13.2. The highest BCUT2D eigenvalue weighted by Gasteiger charge is 2.21. The summed E-state index contributed by atoms with van der Waals surface area (Å²) in [4.78, 5) is 12.3. The van der Waals surface area contributed by atoms with Crippen molar-refractivity contribution in [2.75, 3.05) is 0 Å². The molecule has 1 saturated carbocycles. The van der Waals surface area contributed by atoms with Gasteiger partial charge in [0.2, 0.25) is 0 Å². The van der Waals surface area contributed by atoms with Gasteiger partial charge in [-0.15, -0.1) is 0 Å². The maximum Gasteiger partial charge on any atom is 0.258 e. The number of nitrogens with zero attached hydrogens (tertiary/aromatic N) is 1. The Balaban J connectivity index is 2.32. The highest BCUT2D eigenvalue weighted by atomic mass is 19.1. The van der Waals surface area contributed by atoms with Crippen molar-refractivity contribution in [3.05, 3.63) is 46.1 Å². The zero-order valence-corrected chi connectivity index (χ0v) is 9.74. The average Bonchev–Trinajstić information content (AvgIpc) is 2.23. The SMILES string of the molecule is Cc1cn(C2CCC2)c(=O)c2cc(F)ccc12. The standard InChI is InChI=1S/C14H14FNO/c1-9-8-16(11-3-2-4-11)14(17)13-7-10(15)5-6-12(9)13/h5-8,11H,2-4H2,1H3. The molecule has 0 unspecified atom stereocenters. The Bertz CT molecular complexity index is 640. The Morgan fingerprint density at radius 1 is 1.29 bits per heavy atom. The summed E-state index contributed by atoms with van der Waals surface area (Å²) in [5.74, 6) is -0.347. The van der Waals surface area contributed by atoms with Gasteiger partial charge in [0.05, 0.1) is 5.39 Å². The van der Waals surface area contributed by atoms with Crippen molar-refractivity contribution in [1.82, 2.24) is 4.57 Å². The molecule has 3 heteroatoms.